The van der Waals surface area contributed by atoms with E-state index in [-0.39, 0.29) is 0 Å². The van der Waals surface area contributed by atoms with Gasteiger partial charge in [0.15, 0.2) is 0 Å². The number of hydrogen-bond donors (Lipinski definition) is 0. The first-order chi connectivity index (χ1) is 7.63. The molecular formula is C9H4F6O2. The van der Waals surface area contributed by atoms with E-state index < -0.39 is 29.6 Å². The average molecular weight is 258 g/mol. The van der Waals surface area contributed by atoms with E-state index in [9.17, 15) is 31.1 Å². The Labute approximate surface area is 90.8 Å². The minimum Gasteiger partial charge on any atom is -0.425 e. The summed E-state index contributed by atoms with van der Waals surface area (Å²) < 4.78 is 76.4. The van der Waals surface area contributed by atoms with E-state index in [1.165, 1.54) is 0 Å². The van der Waals surface area contributed by atoms with Crippen LogP contribution in [0.4, 0.5) is 26.3 Å². The molecule has 1 aromatic rings. The number of alkyl halides is 5. The fourth-order valence-electron chi connectivity index (χ4n) is 0.900. The Morgan fingerprint density at radius 1 is 1.00 bits per heavy atom. The number of rotatable bonds is 3. The van der Waals surface area contributed by atoms with Gasteiger partial charge < -0.3 is 4.74 Å². The van der Waals surface area contributed by atoms with Crippen LogP contribution in [0.5, 0.6) is 5.75 Å². The molecule has 1 aromatic carbocycles. The standard InChI is InChI=1S/C9H4F6O2/c10-7(16)9(14,15)17-6-3-1-5(2-4-6)8(11,12)13/h1-4H. The van der Waals surface area contributed by atoms with E-state index in [1.807, 2.05) is 0 Å². The van der Waals surface area contributed by atoms with Gasteiger partial charge in [0.05, 0.1) is 5.56 Å². The van der Waals surface area contributed by atoms with E-state index in [0.29, 0.717) is 24.3 Å². The Morgan fingerprint density at radius 3 is 1.82 bits per heavy atom. The molecule has 0 fully saturated rings. The summed E-state index contributed by atoms with van der Waals surface area (Å²) in [5.74, 6) is -0.756. The normalized spacial score (nSPS) is 12.4. The molecule has 0 amide bonds. The lowest BCUT2D eigenvalue weighted by molar-refractivity contribution is -0.202. The van der Waals surface area contributed by atoms with Crippen molar-refractivity contribution in [3.63, 3.8) is 0 Å². The van der Waals surface area contributed by atoms with Crippen LogP contribution in [0.3, 0.4) is 0 Å². The molecule has 0 bridgehead atoms. The van der Waals surface area contributed by atoms with Gasteiger partial charge in [0.1, 0.15) is 5.75 Å². The van der Waals surface area contributed by atoms with E-state index in [4.69, 9.17) is 0 Å². The molecule has 0 radical (unpaired) electrons. The fourth-order valence-corrected chi connectivity index (χ4v) is 0.900. The molecule has 0 unspecified atom stereocenters. The molecule has 0 aliphatic heterocycles. The lowest BCUT2D eigenvalue weighted by Crippen LogP contribution is -2.32. The maximum Gasteiger partial charge on any atom is 0.494 e. The lowest BCUT2D eigenvalue weighted by Gasteiger charge is -2.13. The van der Waals surface area contributed by atoms with Crippen molar-refractivity contribution in [2.45, 2.75) is 12.3 Å². The molecule has 0 heterocycles. The Balaban J connectivity index is 2.86. The molecule has 0 aliphatic rings. The molecule has 0 aliphatic carbocycles. The summed E-state index contributed by atoms with van der Waals surface area (Å²) in [5, 5.41) is 0. The summed E-state index contributed by atoms with van der Waals surface area (Å²) in [5.41, 5.74) is -1.08. The van der Waals surface area contributed by atoms with Crippen LogP contribution in [0, 0.1) is 0 Å². The third-order valence-electron chi connectivity index (χ3n) is 1.66. The number of benzene rings is 1. The number of halogens is 6. The number of carbonyl (C=O) groups is 1. The number of hydrogen-bond acceptors (Lipinski definition) is 2. The van der Waals surface area contributed by atoms with Crippen molar-refractivity contribution < 1.29 is 35.9 Å². The van der Waals surface area contributed by atoms with E-state index in [2.05, 4.69) is 4.74 Å². The van der Waals surface area contributed by atoms with Crippen molar-refractivity contribution in [3.8, 4) is 5.75 Å². The minimum atomic E-state index is -4.71. The smallest absolute Gasteiger partial charge is 0.425 e. The topological polar surface area (TPSA) is 26.3 Å². The van der Waals surface area contributed by atoms with Gasteiger partial charge in [-0.1, -0.05) is 0 Å². The summed E-state index contributed by atoms with van der Waals surface area (Å²) in [7, 11) is 0. The molecule has 0 atom stereocenters. The van der Waals surface area contributed by atoms with Gasteiger partial charge in [-0.3, -0.25) is 0 Å². The van der Waals surface area contributed by atoms with Gasteiger partial charge in [-0.05, 0) is 24.3 Å². The first-order valence-electron chi connectivity index (χ1n) is 4.07. The van der Waals surface area contributed by atoms with Gasteiger partial charge in [0.25, 0.3) is 0 Å². The fraction of sp³-hybridized carbons (Fsp3) is 0.222. The van der Waals surface area contributed by atoms with E-state index in [0.717, 1.165) is 0 Å². The Hall–Kier alpha value is -1.73. The van der Waals surface area contributed by atoms with Gasteiger partial charge in [-0.25, -0.2) is 4.79 Å². The highest BCUT2D eigenvalue weighted by Gasteiger charge is 2.43. The minimum absolute atomic E-state index is 0.466. The molecule has 2 nitrogen and oxygen atoms in total. The van der Waals surface area contributed by atoms with Crippen molar-refractivity contribution in [2.75, 3.05) is 0 Å². The van der Waals surface area contributed by atoms with Crippen LogP contribution in [0.2, 0.25) is 0 Å². The maximum atomic E-state index is 12.4. The molecule has 94 valence electrons. The van der Waals surface area contributed by atoms with Crippen molar-refractivity contribution in [2.24, 2.45) is 0 Å². The summed E-state index contributed by atoms with van der Waals surface area (Å²) in [6, 6.07) is -0.987. The summed E-state index contributed by atoms with van der Waals surface area (Å²) in [6.45, 7) is 0. The van der Waals surface area contributed by atoms with E-state index in [1.54, 1.807) is 0 Å². The zero-order valence-electron chi connectivity index (χ0n) is 7.89. The number of carbonyl (C=O) groups excluding carboxylic acids is 1. The third kappa shape index (κ3) is 3.36. The monoisotopic (exact) mass is 258 g/mol. The van der Waals surface area contributed by atoms with Crippen LogP contribution in [0.25, 0.3) is 0 Å². The predicted molar refractivity (Wildman–Crippen MR) is 43.1 cm³/mol. The van der Waals surface area contributed by atoms with Gasteiger partial charge in [0, 0.05) is 0 Å². The van der Waals surface area contributed by atoms with Crippen LogP contribution in [-0.4, -0.2) is 12.1 Å². The Morgan fingerprint density at radius 2 is 1.47 bits per heavy atom. The molecule has 1 rings (SSSR count). The van der Waals surface area contributed by atoms with Crippen molar-refractivity contribution in [3.05, 3.63) is 29.8 Å². The molecule has 17 heavy (non-hydrogen) atoms. The van der Waals surface area contributed by atoms with Crippen LogP contribution in [-0.2, 0) is 11.0 Å². The van der Waals surface area contributed by atoms with Crippen molar-refractivity contribution in [1.29, 1.82) is 0 Å². The van der Waals surface area contributed by atoms with Crippen molar-refractivity contribution in [1.82, 2.24) is 0 Å². The summed E-state index contributed by atoms with van der Waals surface area (Å²) >= 11 is 0. The first kappa shape index (κ1) is 13.3. The SMILES string of the molecule is O=C(F)C(F)(F)Oc1ccc(C(F)(F)F)cc1. The Kier molecular flexibility index (Phi) is 3.35. The second-order valence-corrected chi connectivity index (χ2v) is 2.91. The van der Waals surface area contributed by atoms with Crippen LogP contribution < -0.4 is 4.74 Å². The molecule has 0 saturated heterocycles. The molecule has 0 saturated carbocycles. The lowest BCUT2D eigenvalue weighted by atomic mass is 10.2. The van der Waals surface area contributed by atoms with Gasteiger partial charge in [-0.15, -0.1) is 0 Å². The predicted octanol–water partition coefficient (Wildman–Crippen LogP) is 3.17. The summed E-state index contributed by atoms with van der Waals surface area (Å²) in [4.78, 5) is 9.77. The molecule has 0 spiro atoms. The zero-order chi connectivity index (χ0) is 13.3. The average Bonchev–Trinajstić information content (AvgIpc) is 2.16. The first-order valence-corrected chi connectivity index (χ1v) is 4.07. The number of ether oxygens (including phenoxy) is 1. The van der Waals surface area contributed by atoms with Gasteiger partial charge in [-0.2, -0.15) is 26.3 Å². The quantitative estimate of drug-likeness (QED) is 0.614. The highest BCUT2D eigenvalue weighted by Crippen LogP contribution is 2.31. The molecule has 0 N–H and O–H groups in total. The molecule has 8 heteroatoms. The van der Waals surface area contributed by atoms with Gasteiger partial charge >= 0.3 is 18.3 Å². The Bertz CT molecular complexity index is 408. The highest BCUT2D eigenvalue weighted by atomic mass is 19.4. The third-order valence-corrected chi connectivity index (χ3v) is 1.66. The zero-order valence-corrected chi connectivity index (χ0v) is 7.89. The van der Waals surface area contributed by atoms with Gasteiger partial charge in [0.2, 0.25) is 0 Å². The summed E-state index contributed by atoms with van der Waals surface area (Å²) in [6.07, 6.45) is -9.34. The van der Waals surface area contributed by atoms with E-state index >= 15 is 0 Å². The second kappa shape index (κ2) is 4.27. The highest BCUT2D eigenvalue weighted by molar-refractivity contribution is 5.74. The largest absolute Gasteiger partial charge is 0.494 e. The molecular weight excluding hydrogens is 254 g/mol. The van der Waals surface area contributed by atoms with Crippen LogP contribution in [0.15, 0.2) is 24.3 Å². The molecule has 0 aromatic heterocycles. The second-order valence-electron chi connectivity index (χ2n) is 2.91. The maximum absolute atomic E-state index is 12.4. The van der Waals surface area contributed by atoms with Crippen LogP contribution in [0.1, 0.15) is 5.56 Å². The van der Waals surface area contributed by atoms with Crippen LogP contribution >= 0.6 is 0 Å². The van der Waals surface area contributed by atoms with Crippen molar-refractivity contribution >= 4 is 6.04 Å².